The number of hydrogen-bond donors (Lipinski definition) is 0. The van der Waals surface area contributed by atoms with Crippen LogP contribution in [0.5, 0.6) is 0 Å². The molecule has 0 heterocycles. The van der Waals surface area contributed by atoms with Gasteiger partial charge in [0.1, 0.15) is 34.7 Å². The molecule has 0 saturated carbocycles. The van der Waals surface area contributed by atoms with Crippen LogP contribution < -0.4 is 32.9 Å². The largest absolute Gasteiger partial charge is 1.00 e. The van der Waals surface area contributed by atoms with Crippen LogP contribution in [-0.2, 0) is 0 Å². The van der Waals surface area contributed by atoms with E-state index < -0.39 is 13.1 Å². The lowest BCUT2D eigenvalue weighted by Gasteiger charge is -2.34. The summed E-state index contributed by atoms with van der Waals surface area (Å²) in [7, 11) is -2.28. The van der Waals surface area contributed by atoms with Gasteiger partial charge >= 0.3 is 0 Å². The fraction of sp³-hybridized carbons (Fsp3) is 0.0769. The maximum Gasteiger partial charge on any atom is 0.142 e. The minimum Gasteiger partial charge on any atom is -1.00 e. The van der Waals surface area contributed by atoms with Crippen molar-refractivity contribution < 1.29 is 21.4 Å². The molecule has 0 aromatic heterocycles. The van der Waals surface area contributed by atoms with Gasteiger partial charge in [0, 0.05) is 10.6 Å². The van der Waals surface area contributed by atoms with Gasteiger partial charge in [-0.1, -0.05) is 77.8 Å². The van der Waals surface area contributed by atoms with E-state index in [2.05, 4.69) is 79.7 Å². The van der Waals surface area contributed by atoms with E-state index in [0.717, 1.165) is 0 Å². The number of rotatable bonds is 5. The number of benzene rings is 4. The zero-order valence-electron chi connectivity index (χ0n) is 16.9. The van der Waals surface area contributed by atoms with Gasteiger partial charge in [-0.3, -0.25) is 0 Å². The van der Waals surface area contributed by atoms with E-state index in [1.165, 1.54) is 22.0 Å². The number of halogens is 4. The average molecular weight is 534 g/mol. The first-order valence-corrected chi connectivity index (χ1v) is 12.4. The molecule has 1 atom stereocenters. The monoisotopic (exact) mass is 532 g/mol. The first kappa shape index (κ1) is 24.0. The third-order valence-electron chi connectivity index (χ3n) is 5.57. The van der Waals surface area contributed by atoms with E-state index in [9.17, 15) is 4.39 Å². The lowest BCUT2D eigenvalue weighted by Crippen LogP contribution is -3.00. The lowest BCUT2D eigenvalue weighted by atomic mass is 10.1. The molecule has 0 bridgehead atoms. The molecule has 0 spiro atoms. The van der Waals surface area contributed by atoms with E-state index in [1.807, 2.05) is 18.2 Å². The fourth-order valence-corrected chi connectivity index (χ4v) is 9.90. The van der Waals surface area contributed by atoms with Crippen molar-refractivity contribution in [3.63, 3.8) is 0 Å². The van der Waals surface area contributed by atoms with Crippen molar-refractivity contribution in [2.45, 2.75) is 12.6 Å². The van der Waals surface area contributed by atoms with E-state index in [4.69, 9.17) is 23.2 Å². The molecule has 5 heteroatoms. The van der Waals surface area contributed by atoms with E-state index >= 15 is 0 Å². The summed E-state index contributed by atoms with van der Waals surface area (Å²) >= 11 is 13.2. The van der Waals surface area contributed by atoms with Gasteiger partial charge in [-0.2, -0.15) is 0 Å². The molecule has 0 aliphatic carbocycles. The highest BCUT2D eigenvalue weighted by Gasteiger charge is 2.52. The maximum atomic E-state index is 14.5. The van der Waals surface area contributed by atoms with Crippen LogP contribution in [0, 0.1) is 5.82 Å². The molecule has 4 aromatic rings. The van der Waals surface area contributed by atoms with Crippen LogP contribution >= 0.6 is 30.5 Å². The summed E-state index contributed by atoms with van der Waals surface area (Å²) in [4.78, 5) is 0. The number of hydrogen-bond acceptors (Lipinski definition) is 0. The van der Waals surface area contributed by atoms with E-state index in [1.54, 1.807) is 6.07 Å². The fourth-order valence-electron chi connectivity index (χ4n) is 4.23. The zero-order valence-corrected chi connectivity index (χ0v) is 20.8. The Bertz CT molecular complexity index is 1040. The molecule has 0 aliphatic rings. The summed E-state index contributed by atoms with van der Waals surface area (Å²) < 4.78 is 14.5. The van der Waals surface area contributed by atoms with Gasteiger partial charge in [-0.05, 0) is 55.5 Å². The van der Waals surface area contributed by atoms with Gasteiger partial charge in [0.25, 0.3) is 0 Å². The molecule has 158 valence electrons. The molecular weight excluding hydrogens is 513 g/mol. The predicted octanol–water partition coefficient (Wildman–Crippen LogP) is 4.19. The average Bonchev–Trinajstić information content (AvgIpc) is 2.79. The summed E-state index contributed by atoms with van der Waals surface area (Å²) in [6.07, 6.45) is 0. The second-order valence-corrected chi connectivity index (χ2v) is 11.7. The maximum absolute atomic E-state index is 14.5. The van der Waals surface area contributed by atoms with Crippen LogP contribution in [-0.4, -0.2) is 0 Å². The summed E-state index contributed by atoms with van der Waals surface area (Å²) in [5.74, 6) is -0.449. The molecule has 1 unspecified atom stereocenters. The molecule has 0 saturated heterocycles. The van der Waals surface area contributed by atoms with Crippen molar-refractivity contribution in [2.75, 3.05) is 0 Å². The first-order valence-electron chi connectivity index (χ1n) is 9.75. The van der Waals surface area contributed by atoms with Crippen LogP contribution in [0.4, 0.5) is 4.39 Å². The van der Waals surface area contributed by atoms with Crippen LogP contribution in [0.25, 0.3) is 0 Å². The standard InChI is InChI=1S/C26H21Cl2FP.BrH/c1-19(25-23(27)17-18-24(29)26(25)28)30(20-11-5-2-6-12-20,21-13-7-3-8-14-21)22-15-9-4-10-16-22;/h2-19H,1H3;1H/q+1;/p-1. The minimum absolute atomic E-state index is 0. The Balaban J connectivity index is 0.00000272. The molecule has 0 fully saturated rings. The Morgan fingerprint density at radius 1 is 0.645 bits per heavy atom. The van der Waals surface area contributed by atoms with Crippen molar-refractivity contribution in [2.24, 2.45) is 0 Å². The summed E-state index contributed by atoms with van der Waals surface area (Å²) in [6.45, 7) is 2.12. The summed E-state index contributed by atoms with van der Waals surface area (Å²) in [6, 6.07) is 34.2. The zero-order chi connectivity index (χ0) is 21.1. The van der Waals surface area contributed by atoms with Crippen LogP contribution in [0.3, 0.4) is 0 Å². The van der Waals surface area contributed by atoms with Crippen molar-refractivity contribution in [1.82, 2.24) is 0 Å². The Morgan fingerprint density at radius 3 is 1.42 bits per heavy atom. The van der Waals surface area contributed by atoms with Gasteiger partial charge < -0.3 is 17.0 Å². The van der Waals surface area contributed by atoms with Crippen molar-refractivity contribution in [3.05, 3.63) is 125 Å². The van der Waals surface area contributed by atoms with Gasteiger partial charge in [-0.25, -0.2) is 4.39 Å². The highest BCUT2D eigenvalue weighted by molar-refractivity contribution is 7.96. The molecule has 4 aromatic carbocycles. The minimum atomic E-state index is -2.28. The quantitative estimate of drug-likeness (QED) is 0.266. The SMILES string of the molecule is CC(c1c(Cl)ccc(F)c1Cl)[P+](c1ccccc1)(c1ccccc1)c1ccccc1.[Br-]. The molecule has 4 rings (SSSR count). The Labute approximate surface area is 204 Å². The van der Waals surface area contributed by atoms with Crippen molar-refractivity contribution in [1.29, 1.82) is 0 Å². The molecule has 0 N–H and O–H groups in total. The van der Waals surface area contributed by atoms with Crippen molar-refractivity contribution in [3.8, 4) is 0 Å². The van der Waals surface area contributed by atoms with Gasteiger partial charge in [0.2, 0.25) is 0 Å². The third kappa shape index (κ3) is 4.32. The molecule has 0 amide bonds. The predicted molar refractivity (Wildman–Crippen MR) is 130 cm³/mol. The smallest absolute Gasteiger partial charge is 0.142 e. The Morgan fingerprint density at radius 2 is 1.03 bits per heavy atom. The second-order valence-electron chi connectivity index (χ2n) is 7.16. The second kappa shape index (κ2) is 10.3. The van der Waals surface area contributed by atoms with E-state index in [-0.39, 0.29) is 27.7 Å². The van der Waals surface area contributed by atoms with Gasteiger partial charge in [0.05, 0.1) is 5.02 Å². The van der Waals surface area contributed by atoms with Crippen LogP contribution in [0.15, 0.2) is 103 Å². The molecule has 31 heavy (non-hydrogen) atoms. The van der Waals surface area contributed by atoms with Gasteiger partial charge in [0.15, 0.2) is 0 Å². The summed E-state index contributed by atoms with van der Waals surface area (Å²) in [5.41, 5.74) is 0.517. The molecule has 0 nitrogen and oxygen atoms in total. The van der Waals surface area contributed by atoms with Crippen LogP contribution in [0.1, 0.15) is 18.1 Å². The highest BCUT2D eigenvalue weighted by atomic mass is 79.9. The Hall–Kier alpha value is -1.70. The van der Waals surface area contributed by atoms with Crippen LogP contribution in [0.2, 0.25) is 10.0 Å². The topological polar surface area (TPSA) is 0 Å². The summed E-state index contributed by atoms with van der Waals surface area (Å²) in [5, 5.41) is 4.19. The van der Waals surface area contributed by atoms with Gasteiger partial charge in [-0.15, -0.1) is 0 Å². The third-order valence-corrected chi connectivity index (χ3v) is 11.0. The molecule has 0 aliphatic heterocycles. The first-order chi connectivity index (χ1) is 14.6. The Kier molecular flexibility index (Phi) is 7.94. The van der Waals surface area contributed by atoms with E-state index in [0.29, 0.717) is 10.6 Å². The van der Waals surface area contributed by atoms with Crippen molar-refractivity contribution >= 4 is 46.4 Å². The normalized spacial score (nSPS) is 12.1. The molecular formula is C26H21BrCl2FP. The highest BCUT2D eigenvalue weighted by Crippen LogP contribution is 2.67. The molecule has 0 radical (unpaired) electrons. The lowest BCUT2D eigenvalue weighted by molar-refractivity contribution is -0.00000623.